The first-order valence-corrected chi connectivity index (χ1v) is 11.0. The van der Waals surface area contributed by atoms with Crippen molar-refractivity contribution in [1.82, 2.24) is 15.0 Å². The summed E-state index contributed by atoms with van der Waals surface area (Å²) in [6, 6.07) is 13.7. The van der Waals surface area contributed by atoms with E-state index >= 15 is 0 Å². The lowest BCUT2D eigenvalue weighted by molar-refractivity contribution is 0.116. The van der Waals surface area contributed by atoms with Crippen LogP contribution in [0, 0.1) is 0 Å². The number of aliphatic hydroxyl groups is 1. The summed E-state index contributed by atoms with van der Waals surface area (Å²) in [4.78, 5) is 13.3. The van der Waals surface area contributed by atoms with Crippen molar-refractivity contribution in [2.75, 3.05) is 5.32 Å². The summed E-state index contributed by atoms with van der Waals surface area (Å²) in [5, 5.41) is 14.5. The Morgan fingerprint density at radius 1 is 1.07 bits per heavy atom. The van der Waals surface area contributed by atoms with E-state index < -0.39 is 0 Å². The summed E-state index contributed by atoms with van der Waals surface area (Å²) < 4.78 is 7.15. The fourth-order valence-electron chi connectivity index (χ4n) is 3.79. The quantitative estimate of drug-likeness (QED) is 0.460. The summed E-state index contributed by atoms with van der Waals surface area (Å²) >= 11 is 1.57. The van der Waals surface area contributed by atoms with E-state index in [9.17, 15) is 5.11 Å². The van der Waals surface area contributed by atoms with Crippen LogP contribution in [0.5, 0.6) is 11.6 Å². The van der Waals surface area contributed by atoms with Gasteiger partial charge in [0.05, 0.1) is 22.4 Å². The number of benzene rings is 1. The molecule has 3 heterocycles. The standard InChI is InChI=1S/C23H22N4O2S/c28-20-8-2-1-7-18(20)26-23-27-19-10-9-16(13-21(19)30-23)29-22-17(6-4-12-25-22)15-5-3-11-24-14-15/h3-6,9-14,18,20,28H,1-2,7-8H2,(H,26,27)/t18-,20-/m1/s1. The SMILES string of the molecule is O[C@@H]1CCCC[C@H]1Nc1nc2ccc(Oc3ncccc3-c3cccnc3)cc2s1. The van der Waals surface area contributed by atoms with Crippen molar-refractivity contribution in [3.63, 3.8) is 0 Å². The molecule has 0 radical (unpaired) electrons. The van der Waals surface area contributed by atoms with E-state index in [2.05, 4.69) is 20.3 Å². The fraction of sp³-hybridized carbons (Fsp3) is 0.261. The molecule has 3 aromatic heterocycles. The van der Waals surface area contributed by atoms with Gasteiger partial charge in [0.15, 0.2) is 5.13 Å². The monoisotopic (exact) mass is 418 g/mol. The lowest BCUT2D eigenvalue weighted by Gasteiger charge is -2.27. The number of aliphatic hydroxyl groups excluding tert-OH is 1. The number of pyridine rings is 2. The average Bonchev–Trinajstić information content (AvgIpc) is 3.18. The molecule has 5 rings (SSSR count). The molecule has 2 atom stereocenters. The second kappa shape index (κ2) is 8.38. The van der Waals surface area contributed by atoms with Crippen LogP contribution in [0.3, 0.4) is 0 Å². The molecule has 0 unspecified atom stereocenters. The molecule has 1 saturated carbocycles. The Hall–Kier alpha value is -3.03. The first-order valence-electron chi connectivity index (χ1n) is 10.1. The maximum atomic E-state index is 10.2. The Labute approximate surface area is 178 Å². The zero-order chi connectivity index (χ0) is 20.3. The van der Waals surface area contributed by atoms with Gasteiger partial charge in [-0.15, -0.1) is 0 Å². The molecule has 6 nitrogen and oxygen atoms in total. The van der Waals surface area contributed by atoms with Gasteiger partial charge in [0.2, 0.25) is 5.88 Å². The molecule has 1 aliphatic carbocycles. The van der Waals surface area contributed by atoms with Gasteiger partial charge in [-0.05, 0) is 43.2 Å². The summed E-state index contributed by atoms with van der Waals surface area (Å²) in [6.07, 6.45) is 9.02. The van der Waals surface area contributed by atoms with Gasteiger partial charge in [0.25, 0.3) is 0 Å². The molecular formula is C23H22N4O2S. The summed E-state index contributed by atoms with van der Waals surface area (Å²) in [5.41, 5.74) is 2.76. The maximum absolute atomic E-state index is 10.2. The Morgan fingerprint density at radius 3 is 2.83 bits per heavy atom. The van der Waals surface area contributed by atoms with Gasteiger partial charge in [0.1, 0.15) is 5.75 Å². The highest BCUT2D eigenvalue weighted by Crippen LogP contribution is 2.35. The molecule has 1 aliphatic rings. The van der Waals surface area contributed by atoms with Crippen LogP contribution in [0.4, 0.5) is 5.13 Å². The minimum absolute atomic E-state index is 0.0746. The van der Waals surface area contributed by atoms with E-state index in [-0.39, 0.29) is 12.1 Å². The normalized spacial score (nSPS) is 19.0. The first-order chi connectivity index (χ1) is 14.8. The van der Waals surface area contributed by atoms with Gasteiger partial charge in [-0.3, -0.25) is 4.98 Å². The van der Waals surface area contributed by atoms with Crippen LogP contribution in [0.25, 0.3) is 21.3 Å². The third-order valence-corrected chi connectivity index (χ3v) is 6.31. The first kappa shape index (κ1) is 19.0. The number of fused-ring (bicyclic) bond motifs is 1. The molecular weight excluding hydrogens is 396 g/mol. The van der Waals surface area contributed by atoms with Crippen molar-refractivity contribution in [1.29, 1.82) is 0 Å². The Kier molecular flexibility index (Phi) is 5.29. The van der Waals surface area contributed by atoms with E-state index in [1.807, 2.05) is 42.5 Å². The number of nitrogens with zero attached hydrogens (tertiary/aromatic N) is 3. The van der Waals surface area contributed by atoms with Crippen LogP contribution in [-0.2, 0) is 0 Å². The number of hydrogen-bond acceptors (Lipinski definition) is 7. The highest BCUT2D eigenvalue weighted by atomic mass is 32.1. The fourth-order valence-corrected chi connectivity index (χ4v) is 4.75. The van der Waals surface area contributed by atoms with E-state index in [0.29, 0.717) is 11.6 Å². The molecule has 152 valence electrons. The third kappa shape index (κ3) is 3.99. The Balaban J connectivity index is 1.39. The number of hydrogen-bond donors (Lipinski definition) is 2. The molecule has 0 aliphatic heterocycles. The van der Waals surface area contributed by atoms with Crippen molar-refractivity contribution in [2.24, 2.45) is 0 Å². The zero-order valence-electron chi connectivity index (χ0n) is 16.4. The van der Waals surface area contributed by atoms with Crippen LogP contribution in [0.2, 0.25) is 0 Å². The van der Waals surface area contributed by atoms with E-state index in [0.717, 1.165) is 52.2 Å². The van der Waals surface area contributed by atoms with Gasteiger partial charge in [-0.25, -0.2) is 9.97 Å². The Morgan fingerprint density at radius 2 is 1.97 bits per heavy atom. The van der Waals surface area contributed by atoms with Gasteiger partial charge in [-0.1, -0.05) is 30.2 Å². The number of thiazole rings is 1. The van der Waals surface area contributed by atoms with Crippen molar-refractivity contribution in [3.05, 3.63) is 61.1 Å². The largest absolute Gasteiger partial charge is 0.438 e. The molecule has 7 heteroatoms. The van der Waals surface area contributed by atoms with E-state index in [4.69, 9.17) is 4.74 Å². The van der Waals surface area contributed by atoms with E-state index in [1.54, 1.807) is 29.9 Å². The number of aromatic nitrogens is 3. The molecule has 1 aromatic carbocycles. The second-order valence-electron chi connectivity index (χ2n) is 7.45. The molecule has 0 bridgehead atoms. The second-order valence-corrected chi connectivity index (χ2v) is 8.48. The lowest BCUT2D eigenvalue weighted by atomic mass is 9.93. The van der Waals surface area contributed by atoms with Gasteiger partial charge in [0, 0.05) is 35.8 Å². The van der Waals surface area contributed by atoms with Gasteiger partial charge < -0.3 is 15.2 Å². The van der Waals surface area contributed by atoms with Crippen LogP contribution < -0.4 is 10.1 Å². The van der Waals surface area contributed by atoms with E-state index in [1.165, 1.54) is 0 Å². The number of nitrogens with one attached hydrogen (secondary N) is 1. The van der Waals surface area contributed by atoms with Crippen molar-refractivity contribution in [3.8, 4) is 22.8 Å². The summed E-state index contributed by atoms with van der Waals surface area (Å²) in [6.45, 7) is 0. The smallest absolute Gasteiger partial charge is 0.227 e. The van der Waals surface area contributed by atoms with Gasteiger partial charge in [-0.2, -0.15) is 0 Å². The van der Waals surface area contributed by atoms with Crippen LogP contribution in [-0.4, -0.2) is 32.2 Å². The molecule has 4 aromatic rings. The van der Waals surface area contributed by atoms with Gasteiger partial charge >= 0.3 is 0 Å². The predicted octanol–water partition coefficient (Wildman–Crippen LogP) is 5.26. The van der Waals surface area contributed by atoms with Crippen molar-refractivity contribution in [2.45, 2.75) is 37.8 Å². The van der Waals surface area contributed by atoms with Crippen LogP contribution in [0.15, 0.2) is 61.1 Å². The molecule has 0 spiro atoms. The van der Waals surface area contributed by atoms with Crippen LogP contribution >= 0.6 is 11.3 Å². The van der Waals surface area contributed by atoms with Crippen molar-refractivity contribution >= 4 is 26.7 Å². The number of ether oxygens (including phenoxy) is 1. The molecule has 2 N–H and O–H groups in total. The molecule has 0 saturated heterocycles. The zero-order valence-corrected chi connectivity index (χ0v) is 17.2. The topological polar surface area (TPSA) is 80.2 Å². The minimum Gasteiger partial charge on any atom is -0.438 e. The maximum Gasteiger partial charge on any atom is 0.227 e. The highest BCUT2D eigenvalue weighted by molar-refractivity contribution is 7.22. The average molecular weight is 419 g/mol. The number of rotatable bonds is 5. The predicted molar refractivity (Wildman–Crippen MR) is 119 cm³/mol. The molecule has 1 fully saturated rings. The van der Waals surface area contributed by atoms with Crippen molar-refractivity contribution < 1.29 is 9.84 Å². The third-order valence-electron chi connectivity index (χ3n) is 5.36. The Bertz CT molecular complexity index is 1150. The minimum atomic E-state index is -0.306. The number of anilines is 1. The lowest BCUT2D eigenvalue weighted by Crippen LogP contribution is -2.36. The molecule has 30 heavy (non-hydrogen) atoms. The molecule has 0 amide bonds. The summed E-state index contributed by atoms with van der Waals surface area (Å²) in [5.74, 6) is 1.25. The van der Waals surface area contributed by atoms with Crippen LogP contribution in [0.1, 0.15) is 25.7 Å². The highest BCUT2D eigenvalue weighted by Gasteiger charge is 2.23. The summed E-state index contributed by atoms with van der Waals surface area (Å²) in [7, 11) is 0.